The molecule has 0 aliphatic rings. The Labute approximate surface area is 95.6 Å². The quantitative estimate of drug-likeness (QED) is 0.793. The minimum atomic E-state index is 0.0769. The predicted molar refractivity (Wildman–Crippen MR) is 66.1 cm³/mol. The van der Waals surface area contributed by atoms with Crippen molar-refractivity contribution in [3.8, 4) is 12.3 Å². The summed E-state index contributed by atoms with van der Waals surface area (Å²) in [5.74, 6) is 3.61. The minimum absolute atomic E-state index is 0.0769. The fraction of sp³-hybridized carbons (Fsp3) is 0.286. The Balaban J connectivity index is 2.30. The highest BCUT2D eigenvalue weighted by Gasteiger charge is 2.10. The van der Waals surface area contributed by atoms with Crippen molar-refractivity contribution >= 4 is 11.0 Å². The van der Waals surface area contributed by atoms with Gasteiger partial charge in [-0.3, -0.25) is 5.32 Å². The molecule has 0 radical (unpaired) electrons. The number of furan rings is 1. The van der Waals surface area contributed by atoms with Crippen LogP contribution in [-0.2, 0) is 6.54 Å². The summed E-state index contributed by atoms with van der Waals surface area (Å²) in [5.41, 5.74) is 2.13. The summed E-state index contributed by atoms with van der Waals surface area (Å²) < 4.78 is 5.67. The van der Waals surface area contributed by atoms with E-state index in [1.54, 1.807) is 0 Å². The highest BCUT2D eigenvalue weighted by molar-refractivity contribution is 5.82. The van der Waals surface area contributed by atoms with Gasteiger partial charge in [-0.2, -0.15) is 0 Å². The Morgan fingerprint density at radius 1 is 1.44 bits per heavy atom. The number of benzene rings is 1. The third kappa shape index (κ3) is 1.95. The molecule has 0 aliphatic heterocycles. The van der Waals surface area contributed by atoms with Gasteiger partial charge in [-0.25, -0.2) is 0 Å². The molecular weight excluding hydrogens is 198 g/mol. The summed E-state index contributed by atoms with van der Waals surface area (Å²) in [6.07, 6.45) is 5.33. The van der Waals surface area contributed by atoms with Crippen LogP contribution in [-0.4, -0.2) is 6.04 Å². The van der Waals surface area contributed by atoms with Crippen molar-refractivity contribution in [3.63, 3.8) is 0 Å². The van der Waals surface area contributed by atoms with Crippen molar-refractivity contribution in [2.45, 2.75) is 26.4 Å². The van der Waals surface area contributed by atoms with Crippen LogP contribution >= 0.6 is 0 Å². The number of fused-ring (bicyclic) bond motifs is 1. The van der Waals surface area contributed by atoms with E-state index < -0.39 is 0 Å². The van der Waals surface area contributed by atoms with Gasteiger partial charge in [0.2, 0.25) is 0 Å². The van der Waals surface area contributed by atoms with Crippen LogP contribution in [0.25, 0.3) is 11.0 Å². The number of aryl methyl sites for hydroxylation is 1. The molecule has 1 atom stereocenters. The first-order valence-corrected chi connectivity index (χ1v) is 5.39. The van der Waals surface area contributed by atoms with Gasteiger partial charge in [0.1, 0.15) is 11.3 Å². The summed E-state index contributed by atoms with van der Waals surface area (Å²) in [6, 6.07) is 8.13. The molecule has 0 saturated carbocycles. The molecule has 0 spiro atoms. The lowest BCUT2D eigenvalue weighted by molar-refractivity contribution is 0.561. The summed E-state index contributed by atoms with van der Waals surface area (Å²) in [5, 5.41) is 4.44. The topological polar surface area (TPSA) is 25.2 Å². The maximum Gasteiger partial charge on any atom is 0.134 e. The molecule has 2 rings (SSSR count). The second kappa shape index (κ2) is 4.42. The number of para-hydroxylation sites is 1. The van der Waals surface area contributed by atoms with Gasteiger partial charge >= 0.3 is 0 Å². The highest BCUT2D eigenvalue weighted by Crippen LogP contribution is 2.24. The third-order valence-corrected chi connectivity index (χ3v) is 2.74. The Morgan fingerprint density at radius 2 is 2.19 bits per heavy atom. The number of hydrogen-bond acceptors (Lipinski definition) is 2. The van der Waals surface area contributed by atoms with Crippen LogP contribution in [0.15, 0.2) is 28.7 Å². The first kappa shape index (κ1) is 10.8. The standard InChI is InChI=1S/C14H15NO/c1-4-10(2)15-9-13-11(3)16-14-8-6-5-7-12(13)14/h1,5-8,10,15H,9H2,2-3H3. The Kier molecular flexibility index (Phi) is 2.98. The minimum Gasteiger partial charge on any atom is -0.461 e. The molecule has 0 saturated heterocycles. The van der Waals surface area contributed by atoms with E-state index in [-0.39, 0.29) is 6.04 Å². The van der Waals surface area contributed by atoms with E-state index in [1.807, 2.05) is 32.0 Å². The molecule has 0 bridgehead atoms. The maximum atomic E-state index is 5.67. The van der Waals surface area contributed by atoms with Gasteiger partial charge in [0, 0.05) is 17.5 Å². The van der Waals surface area contributed by atoms with E-state index in [4.69, 9.17) is 10.8 Å². The van der Waals surface area contributed by atoms with Crippen molar-refractivity contribution in [2.24, 2.45) is 0 Å². The van der Waals surface area contributed by atoms with Gasteiger partial charge in [0.15, 0.2) is 0 Å². The summed E-state index contributed by atoms with van der Waals surface area (Å²) in [4.78, 5) is 0. The van der Waals surface area contributed by atoms with E-state index in [1.165, 1.54) is 5.56 Å². The van der Waals surface area contributed by atoms with Crippen molar-refractivity contribution in [1.82, 2.24) is 5.32 Å². The number of rotatable bonds is 3. The molecular formula is C14H15NO. The molecule has 0 amide bonds. The summed E-state index contributed by atoms with van der Waals surface area (Å²) in [7, 11) is 0. The second-order valence-electron chi connectivity index (χ2n) is 3.90. The molecule has 1 heterocycles. The van der Waals surface area contributed by atoms with Gasteiger partial charge in [-0.15, -0.1) is 6.42 Å². The molecule has 0 aliphatic carbocycles. The van der Waals surface area contributed by atoms with Crippen LogP contribution in [0.1, 0.15) is 18.2 Å². The molecule has 1 aromatic heterocycles. The smallest absolute Gasteiger partial charge is 0.134 e. The highest BCUT2D eigenvalue weighted by atomic mass is 16.3. The number of terminal acetylenes is 1. The normalized spacial score (nSPS) is 12.6. The Bertz CT molecular complexity index is 533. The van der Waals surface area contributed by atoms with Crippen LogP contribution in [0.2, 0.25) is 0 Å². The lowest BCUT2D eigenvalue weighted by Crippen LogP contribution is -2.23. The van der Waals surface area contributed by atoms with E-state index in [0.717, 1.165) is 23.3 Å². The lowest BCUT2D eigenvalue weighted by Gasteiger charge is -2.06. The van der Waals surface area contributed by atoms with Gasteiger partial charge in [0.05, 0.1) is 6.04 Å². The zero-order chi connectivity index (χ0) is 11.5. The summed E-state index contributed by atoms with van der Waals surface area (Å²) in [6.45, 7) is 4.70. The van der Waals surface area contributed by atoms with Crippen LogP contribution in [0.4, 0.5) is 0 Å². The first-order chi connectivity index (χ1) is 7.72. The number of hydrogen-bond donors (Lipinski definition) is 1. The van der Waals surface area contributed by atoms with E-state index >= 15 is 0 Å². The molecule has 2 aromatic rings. The molecule has 1 N–H and O–H groups in total. The van der Waals surface area contributed by atoms with Crippen molar-refractivity contribution in [1.29, 1.82) is 0 Å². The maximum absolute atomic E-state index is 5.67. The molecule has 0 fully saturated rings. The van der Waals surface area contributed by atoms with Crippen LogP contribution in [0.5, 0.6) is 0 Å². The average Bonchev–Trinajstić information content (AvgIpc) is 2.62. The van der Waals surface area contributed by atoms with Crippen molar-refractivity contribution in [2.75, 3.05) is 0 Å². The average molecular weight is 213 g/mol. The molecule has 82 valence electrons. The van der Waals surface area contributed by atoms with Crippen LogP contribution < -0.4 is 5.32 Å². The fourth-order valence-electron chi connectivity index (χ4n) is 1.75. The Morgan fingerprint density at radius 3 is 2.94 bits per heavy atom. The SMILES string of the molecule is C#CC(C)NCc1c(C)oc2ccccc12. The van der Waals surface area contributed by atoms with Crippen LogP contribution in [0.3, 0.4) is 0 Å². The van der Waals surface area contributed by atoms with Gasteiger partial charge in [-0.05, 0) is 19.9 Å². The first-order valence-electron chi connectivity index (χ1n) is 5.39. The van der Waals surface area contributed by atoms with Crippen LogP contribution in [0, 0.1) is 19.3 Å². The summed E-state index contributed by atoms with van der Waals surface area (Å²) >= 11 is 0. The van der Waals surface area contributed by atoms with Gasteiger partial charge in [0.25, 0.3) is 0 Å². The zero-order valence-electron chi connectivity index (χ0n) is 9.58. The molecule has 16 heavy (non-hydrogen) atoms. The second-order valence-corrected chi connectivity index (χ2v) is 3.90. The van der Waals surface area contributed by atoms with Gasteiger partial charge < -0.3 is 4.42 Å². The van der Waals surface area contributed by atoms with E-state index in [0.29, 0.717) is 0 Å². The third-order valence-electron chi connectivity index (χ3n) is 2.74. The predicted octanol–water partition coefficient (Wildman–Crippen LogP) is 2.85. The van der Waals surface area contributed by atoms with E-state index in [2.05, 4.69) is 17.3 Å². The van der Waals surface area contributed by atoms with Crippen molar-refractivity contribution in [3.05, 3.63) is 35.6 Å². The van der Waals surface area contributed by atoms with Gasteiger partial charge in [-0.1, -0.05) is 24.1 Å². The largest absolute Gasteiger partial charge is 0.461 e. The molecule has 2 heteroatoms. The number of nitrogens with one attached hydrogen (secondary N) is 1. The molecule has 2 nitrogen and oxygen atoms in total. The zero-order valence-corrected chi connectivity index (χ0v) is 9.58. The monoisotopic (exact) mass is 213 g/mol. The molecule has 1 unspecified atom stereocenters. The molecule has 1 aromatic carbocycles. The van der Waals surface area contributed by atoms with Crippen molar-refractivity contribution < 1.29 is 4.42 Å². The lowest BCUT2D eigenvalue weighted by atomic mass is 10.1. The fourth-order valence-corrected chi connectivity index (χ4v) is 1.75. The Hall–Kier alpha value is -1.72. The van der Waals surface area contributed by atoms with E-state index in [9.17, 15) is 0 Å².